The molecule has 0 spiro atoms. The first-order valence-electron chi connectivity index (χ1n) is 8.93. The van der Waals surface area contributed by atoms with Crippen LogP contribution in [0.15, 0.2) is 54.6 Å². The Labute approximate surface area is 166 Å². The molecule has 1 N–H and O–H groups in total. The average molecular weight is 386 g/mol. The van der Waals surface area contributed by atoms with Crippen molar-refractivity contribution in [3.63, 3.8) is 0 Å². The molecule has 2 fully saturated rings. The molecule has 0 aromatic heterocycles. The zero-order valence-corrected chi connectivity index (χ0v) is 15.4. The molecule has 142 valence electrons. The van der Waals surface area contributed by atoms with Crippen molar-refractivity contribution in [3.05, 3.63) is 71.5 Å². The lowest BCUT2D eigenvalue weighted by Gasteiger charge is -2.48. The van der Waals surface area contributed by atoms with Crippen LogP contribution in [-0.4, -0.2) is 5.90 Å². The smallest absolute Gasteiger partial charge is 0.244 e. The number of nitrogens with zero attached hydrogens (tertiary/aromatic N) is 3. The number of nitrogens with one attached hydrogen (secondary N) is 1. The second kappa shape index (κ2) is 6.14. The first-order chi connectivity index (χ1) is 13.9. The molecule has 29 heavy (non-hydrogen) atoms. The van der Waals surface area contributed by atoms with E-state index in [9.17, 15) is 20.2 Å². The van der Waals surface area contributed by atoms with Gasteiger partial charge in [-0.2, -0.15) is 15.8 Å². The van der Waals surface area contributed by atoms with Gasteiger partial charge in [-0.1, -0.05) is 55.5 Å². The van der Waals surface area contributed by atoms with Gasteiger partial charge in [0.1, 0.15) is 11.9 Å². The summed E-state index contributed by atoms with van der Waals surface area (Å²) in [5.41, 5.74) is -3.66. The topological polar surface area (TPSA) is 114 Å². The first-order valence-corrected chi connectivity index (χ1v) is 8.93. The van der Waals surface area contributed by atoms with Crippen molar-refractivity contribution >= 4 is 5.90 Å². The Morgan fingerprint density at radius 2 is 1.59 bits per heavy atom. The number of rotatable bonds is 2. The van der Waals surface area contributed by atoms with E-state index in [-0.39, 0.29) is 5.56 Å². The SMILES string of the molecule is CC1C2(c3ccccc3)OC(=N)C1(C#N)C(C#N)(C#N)C(c1ccccc1F)O2. The van der Waals surface area contributed by atoms with E-state index in [1.807, 2.05) is 18.2 Å². The van der Waals surface area contributed by atoms with Crippen LogP contribution in [-0.2, 0) is 15.3 Å². The summed E-state index contributed by atoms with van der Waals surface area (Å²) >= 11 is 0. The molecule has 0 radical (unpaired) electrons. The van der Waals surface area contributed by atoms with Gasteiger partial charge < -0.3 is 9.47 Å². The normalized spacial score (nSPS) is 31.8. The standard InChI is InChI=1S/C22H15FN4O2/c1-14-21(13-26)19(27)29-22(14,15-7-3-2-4-8-15)28-18(20(21,11-24)12-25)16-9-5-6-10-17(16)23/h2-10,14,18,27H,1H3. The number of nitriles is 3. The maximum atomic E-state index is 14.7. The lowest BCUT2D eigenvalue weighted by Crippen LogP contribution is -2.57. The molecular weight excluding hydrogens is 371 g/mol. The Hall–Kier alpha value is -3.73. The lowest BCUT2D eigenvalue weighted by atomic mass is 9.53. The predicted molar refractivity (Wildman–Crippen MR) is 98.0 cm³/mol. The fourth-order valence-corrected chi connectivity index (χ4v) is 4.51. The van der Waals surface area contributed by atoms with E-state index in [0.29, 0.717) is 5.56 Å². The summed E-state index contributed by atoms with van der Waals surface area (Å²) in [6.45, 7) is 1.61. The van der Waals surface area contributed by atoms with Gasteiger partial charge in [0.15, 0.2) is 5.41 Å². The highest BCUT2D eigenvalue weighted by Crippen LogP contribution is 2.69. The Balaban J connectivity index is 2.08. The Morgan fingerprint density at radius 3 is 2.17 bits per heavy atom. The van der Waals surface area contributed by atoms with Crippen molar-refractivity contribution in [2.24, 2.45) is 16.7 Å². The van der Waals surface area contributed by atoms with Crippen molar-refractivity contribution < 1.29 is 13.9 Å². The molecular formula is C22H15FN4O2. The van der Waals surface area contributed by atoms with E-state index >= 15 is 0 Å². The van der Waals surface area contributed by atoms with Gasteiger partial charge >= 0.3 is 0 Å². The van der Waals surface area contributed by atoms with Crippen molar-refractivity contribution in [3.8, 4) is 18.2 Å². The molecule has 7 heteroatoms. The van der Waals surface area contributed by atoms with Gasteiger partial charge in [0.2, 0.25) is 17.1 Å². The van der Waals surface area contributed by atoms with Crippen molar-refractivity contribution in [2.75, 3.05) is 0 Å². The largest absolute Gasteiger partial charge is 0.443 e. The number of hydrogen-bond acceptors (Lipinski definition) is 6. The number of hydrogen-bond donors (Lipinski definition) is 1. The fraction of sp³-hybridized carbons (Fsp3) is 0.273. The molecule has 4 unspecified atom stereocenters. The molecule has 2 heterocycles. The molecule has 0 saturated carbocycles. The van der Waals surface area contributed by atoms with Crippen LogP contribution >= 0.6 is 0 Å². The summed E-state index contributed by atoms with van der Waals surface area (Å²) in [5, 5.41) is 38.8. The molecule has 2 saturated heterocycles. The average Bonchev–Trinajstić information content (AvgIpc) is 2.91. The van der Waals surface area contributed by atoms with Crippen LogP contribution in [0.5, 0.6) is 0 Å². The highest BCUT2D eigenvalue weighted by atomic mass is 19.1. The summed E-state index contributed by atoms with van der Waals surface area (Å²) in [5.74, 6) is -3.70. The Morgan fingerprint density at radius 1 is 0.966 bits per heavy atom. The minimum Gasteiger partial charge on any atom is -0.443 e. The second-order valence-electron chi connectivity index (χ2n) is 7.16. The van der Waals surface area contributed by atoms with Crippen LogP contribution in [0.3, 0.4) is 0 Å². The molecule has 2 bridgehead atoms. The van der Waals surface area contributed by atoms with Gasteiger partial charge in [-0.05, 0) is 6.07 Å². The number of fused-ring (bicyclic) bond motifs is 2. The third-order valence-electron chi connectivity index (χ3n) is 6.03. The van der Waals surface area contributed by atoms with Crippen molar-refractivity contribution in [1.29, 1.82) is 21.2 Å². The molecule has 4 atom stereocenters. The van der Waals surface area contributed by atoms with Crippen LogP contribution in [0.2, 0.25) is 0 Å². The molecule has 4 rings (SSSR count). The highest BCUT2D eigenvalue weighted by Gasteiger charge is 2.79. The van der Waals surface area contributed by atoms with E-state index in [4.69, 9.17) is 14.9 Å². The third kappa shape index (κ3) is 2.02. The van der Waals surface area contributed by atoms with Crippen LogP contribution in [0, 0.1) is 62.0 Å². The summed E-state index contributed by atoms with van der Waals surface area (Å²) in [7, 11) is 0. The van der Waals surface area contributed by atoms with Gasteiger partial charge in [0, 0.05) is 11.1 Å². The van der Waals surface area contributed by atoms with E-state index in [1.165, 1.54) is 18.2 Å². The van der Waals surface area contributed by atoms with Crippen LogP contribution in [0.1, 0.15) is 24.2 Å². The predicted octanol–water partition coefficient (Wildman–Crippen LogP) is 3.94. The Bertz CT molecular complexity index is 1120. The highest BCUT2D eigenvalue weighted by molar-refractivity contribution is 5.89. The van der Waals surface area contributed by atoms with E-state index in [2.05, 4.69) is 0 Å². The van der Waals surface area contributed by atoms with Crippen LogP contribution < -0.4 is 0 Å². The monoisotopic (exact) mass is 386 g/mol. The Kier molecular flexibility index (Phi) is 3.94. The van der Waals surface area contributed by atoms with Crippen molar-refractivity contribution in [2.45, 2.75) is 18.8 Å². The minimum absolute atomic E-state index is 0.0410. The number of halogens is 1. The van der Waals surface area contributed by atoms with E-state index in [0.717, 1.165) is 0 Å². The molecule has 2 aromatic rings. The number of benzene rings is 2. The lowest BCUT2D eigenvalue weighted by molar-refractivity contribution is -0.289. The molecule has 2 aliphatic rings. The van der Waals surface area contributed by atoms with Crippen molar-refractivity contribution in [1.82, 2.24) is 0 Å². The third-order valence-corrected chi connectivity index (χ3v) is 6.03. The first kappa shape index (κ1) is 18.6. The van der Waals surface area contributed by atoms with Gasteiger partial charge in [-0.3, -0.25) is 5.41 Å². The zero-order chi connectivity index (χ0) is 20.9. The van der Waals surface area contributed by atoms with E-state index < -0.39 is 40.4 Å². The van der Waals surface area contributed by atoms with Gasteiger partial charge in [0.25, 0.3) is 0 Å². The summed E-state index contributed by atoms with van der Waals surface area (Å²) < 4.78 is 26.8. The quantitative estimate of drug-likeness (QED) is 0.840. The summed E-state index contributed by atoms with van der Waals surface area (Å²) in [4.78, 5) is 0. The summed E-state index contributed by atoms with van der Waals surface area (Å²) in [6, 6.07) is 20.1. The summed E-state index contributed by atoms with van der Waals surface area (Å²) in [6.07, 6.45) is -1.45. The molecule has 6 nitrogen and oxygen atoms in total. The number of ether oxygens (including phenoxy) is 2. The minimum atomic E-state index is -2.19. The van der Waals surface area contributed by atoms with Crippen LogP contribution in [0.25, 0.3) is 0 Å². The van der Waals surface area contributed by atoms with Crippen LogP contribution in [0.4, 0.5) is 4.39 Å². The zero-order valence-electron chi connectivity index (χ0n) is 15.4. The van der Waals surface area contributed by atoms with Gasteiger partial charge in [0.05, 0.1) is 24.1 Å². The molecule has 2 aliphatic heterocycles. The maximum absolute atomic E-state index is 14.7. The molecule has 0 aliphatic carbocycles. The molecule has 0 amide bonds. The maximum Gasteiger partial charge on any atom is 0.244 e. The second-order valence-corrected chi connectivity index (χ2v) is 7.16. The van der Waals surface area contributed by atoms with Gasteiger partial charge in [-0.15, -0.1) is 0 Å². The fourth-order valence-electron chi connectivity index (χ4n) is 4.51. The van der Waals surface area contributed by atoms with E-state index in [1.54, 1.807) is 43.3 Å². The molecule has 2 aromatic carbocycles. The van der Waals surface area contributed by atoms with Gasteiger partial charge in [-0.25, -0.2) is 4.39 Å².